The van der Waals surface area contributed by atoms with Crippen molar-refractivity contribution in [3.63, 3.8) is 0 Å². The summed E-state index contributed by atoms with van der Waals surface area (Å²) in [7, 11) is 1.47. The molecule has 1 saturated heterocycles. The van der Waals surface area contributed by atoms with Crippen LogP contribution >= 0.6 is 15.9 Å². The summed E-state index contributed by atoms with van der Waals surface area (Å²) in [5, 5.41) is 10.8. The molecule has 7 heteroatoms. The van der Waals surface area contributed by atoms with Crippen LogP contribution in [0.5, 0.6) is 5.75 Å². The SMILES string of the molecule is COc1ccc([N+](=O)[O-])cc1N1CCC(Br)C1=O. The Morgan fingerprint density at radius 2 is 2.28 bits per heavy atom. The smallest absolute Gasteiger partial charge is 0.271 e. The van der Waals surface area contributed by atoms with E-state index in [-0.39, 0.29) is 16.4 Å². The van der Waals surface area contributed by atoms with E-state index < -0.39 is 4.92 Å². The predicted octanol–water partition coefficient (Wildman–Crippen LogP) is 2.10. The lowest BCUT2D eigenvalue weighted by atomic mass is 10.2. The molecule has 0 bridgehead atoms. The van der Waals surface area contributed by atoms with Crippen molar-refractivity contribution in [1.82, 2.24) is 0 Å². The topological polar surface area (TPSA) is 72.7 Å². The Hall–Kier alpha value is -1.63. The summed E-state index contributed by atoms with van der Waals surface area (Å²) in [6.07, 6.45) is 0.671. The molecule has 0 saturated carbocycles. The molecule has 0 spiro atoms. The maximum Gasteiger partial charge on any atom is 0.271 e. The fourth-order valence-corrected chi connectivity index (χ4v) is 2.34. The Kier molecular flexibility index (Phi) is 3.51. The second kappa shape index (κ2) is 4.93. The molecular formula is C11H11BrN2O4. The van der Waals surface area contributed by atoms with Crippen molar-refractivity contribution in [2.24, 2.45) is 0 Å². The fourth-order valence-electron chi connectivity index (χ4n) is 1.89. The molecule has 96 valence electrons. The molecule has 1 atom stereocenters. The minimum Gasteiger partial charge on any atom is -0.495 e. The van der Waals surface area contributed by atoms with Gasteiger partial charge in [-0.3, -0.25) is 14.9 Å². The second-order valence-electron chi connectivity index (χ2n) is 3.86. The van der Waals surface area contributed by atoms with Crippen molar-refractivity contribution < 1.29 is 14.5 Å². The minimum absolute atomic E-state index is 0.0587. The number of hydrogen-bond acceptors (Lipinski definition) is 4. The summed E-state index contributed by atoms with van der Waals surface area (Å²) in [4.78, 5) is 23.5. The molecule has 1 aliphatic heterocycles. The number of rotatable bonds is 3. The van der Waals surface area contributed by atoms with Gasteiger partial charge in [0.1, 0.15) is 5.75 Å². The molecule has 1 unspecified atom stereocenters. The van der Waals surface area contributed by atoms with Gasteiger partial charge in [0.25, 0.3) is 5.69 Å². The van der Waals surface area contributed by atoms with Gasteiger partial charge in [-0.25, -0.2) is 0 Å². The van der Waals surface area contributed by atoms with E-state index >= 15 is 0 Å². The van der Waals surface area contributed by atoms with Crippen LogP contribution in [0.1, 0.15) is 6.42 Å². The summed E-state index contributed by atoms with van der Waals surface area (Å²) in [5.41, 5.74) is 0.385. The zero-order valence-corrected chi connectivity index (χ0v) is 11.2. The van der Waals surface area contributed by atoms with Crippen LogP contribution in [0.25, 0.3) is 0 Å². The number of amides is 1. The number of carbonyl (C=O) groups excluding carboxylic acids is 1. The van der Waals surface area contributed by atoms with Crippen molar-refractivity contribution in [2.45, 2.75) is 11.2 Å². The lowest BCUT2D eigenvalue weighted by Gasteiger charge is -2.18. The van der Waals surface area contributed by atoms with Crippen LogP contribution < -0.4 is 9.64 Å². The first kappa shape index (κ1) is 12.8. The molecule has 0 aromatic heterocycles. The number of hydrogen-bond donors (Lipinski definition) is 0. The van der Waals surface area contributed by atoms with Crippen molar-refractivity contribution in [3.8, 4) is 5.75 Å². The van der Waals surface area contributed by atoms with Crippen LogP contribution in [0.15, 0.2) is 18.2 Å². The number of nitrogens with zero attached hydrogens (tertiary/aromatic N) is 2. The highest BCUT2D eigenvalue weighted by Gasteiger charge is 2.32. The number of benzene rings is 1. The Labute approximate surface area is 112 Å². The number of methoxy groups -OCH3 is 1. The van der Waals surface area contributed by atoms with E-state index in [0.717, 1.165) is 0 Å². The van der Waals surface area contributed by atoms with Gasteiger partial charge in [0.05, 0.1) is 22.5 Å². The van der Waals surface area contributed by atoms with E-state index in [0.29, 0.717) is 24.4 Å². The average Bonchev–Trinajstić information content (AvgIpc) is 2.69. The number of non-ortho nitro benzene ring substituents is 1. The normalized spacial score (nSPS) is 19.1. The lowest BCUT2D eigenvalue weighted by molar-refractivity contribution is -0.384. The highest BCUT2D eigenvalue weighted by Crippen LogP contribution is 2.35. The van der Waals surface area contributed by atoms with E-state index in [2.05, 4.69) is 15.9 Å². The average molecular weight is 315 g/mol. The number of nitro groups is 1. The first-order valence-corrected chi connectivity index (χ1v) is 6.24. The summed E-state index contributed by atoms with van der Waals surface area (Å²) in [6, 6.07) is 4.22. The Balaban J connectivity index is 2.44. The van der Waals surface area contributed by atoms with Crippen LogP contribution in [0.2, 0.25) is 0 Å². The van der Waals surface area contributed by atoms with E-state index in [4.69, 9.17) is 4.74 Å². The van der Waals surface area contributed by atoms with Gasteiger partial charge < -0.3 is 9.64 Å². The van der Waals surface area contributed by atoms with Gasteiger partial charge in [-0.05, 0) is 12.5 Å². The van der Waals surface area contributed by atoms with Gasteiger partial charge in [-0.2, -0.15) is 0 Å². The third kappa shape index (κ3) is 2.17. The van der Waals surface area contributed by atoms with Crippen molar-refractivity contribution in [2.75, 3.05) is 18.6 Å². The highest BCUT2D eigenvalue weighted by atomic mass is 79.9. The quantitative estimate of drug-likeness (QED) is 0.486. The van der Waals surface area contributed by atoms with Gasteiger partial charge in [0.15, 0.2) is 0 Å². The van der Waals surface area contributed by atoms with Crippen LogP contribution in [0, 0.1) is 10.1 Å². The summed E-state index contributed by atoms with van der Waals surface area (Å²) < 4.78 is 5.14. The molecule has 0 N–H and O–H groups in total. The van der Waals surface area contributed by atoms with E-state index in [9.17, 15) is 14.9 Å². The van der Waals surface area contributed by atoms with Gasteiger partial charge in [-0.15, -0.1) is 0 Å². The monoisotopic (exact) mass is 314 g/mol. The predicted molar refractivity (Wildman–Crippen MR) is 69.3 cm³/mol. The number of halogens is 1. The summed E-state index contributed by atoms with van der Waals surface area (Å²) >= 11 is 3.27. The van der Waals surface area contributed by atoms with Gasteiger partial charge >= 0.3 is 0 Å². The zero-order valence-electron chi connectivity index (χ0n) is 9.63. The Morgan fingerprint density at radius 3 is 2.78 bits per heavy atom. The summed E-state index contributed by atoms with van der Waals surface area (Å²) in [5.74, 6) is 0.351. The van der Waals surface area contributed by atoms with Gasteiger partial charge in [0, 0.05) is 18.7 Å². The molecule has 18 heavy (non-hydrogen) atoms. The summed E-state index contributed by atoms with van der Waals surface area (Å²) in [6.45, 7) is 0.520. The molecule has 1 aliphatic rings. The third-order valence-corrected chi connectivity index (χ3v) is 3.65. The molecule has 0 aliphatic carbocycles. The van der Waals surface area contributed by atoms with Gasteiger partial charge in [0.2, 0.25) is 5.91 Å². The van der Waals surface area contributed by atoms with Crippen LogP contribution in [0.4, 0.5) is 11.4 Å². The lowest BCUT2D eigenvalue weighted by Crippen LogP contribution is -2.27. The fraction of sp³-hybridized carbons (Fsp3) is 0.364. The number of alkyl halides is 1. The molecule has 2 rings (SSSR count). The van der Waals surface area contributed by atoms with Crippen molar-refractivity contribution >= 4 is 33.2 Å². The Morgan fingerprint density at radius 1 is 1.56 bits per heavy atom. The minimum atomic E-state index is -0.491. The van der Waals surface area contributed by atoms with Crippen LogP contribution in [-0.2, 0) is 4.79 Å². The van der Waals surface area contributed by atoms with Gasteiger partial charge in [-0.1, -0.05) is 15.9 Å². The first-order chi connectivity index (χ1) is 8.54. The standard InChI is InChI=1S/C11H11BrN2O4/c1-18-10-3-2-7(14(16)17)6-9(10)13-5-4-8(12)11(13)15/h2-3,6,8H,4-5H2,1H3. The molecule has 1 heterocycles. The Bertz CT molecular complexity index is 506. The first-order valence-electron chi connectivity index (χ1n) is 5.32. The maximum absolute atomic E-state index is 11.9. The third-order valence-electron chi connectivity index (χ3n) is 2.80. The molecule has 6 nitrogen and oxygen atoms in total. The van der Waals surface area contributed by atoms with Crippen molar-refractivity contribution in [1.29, 1.82) is 0 Å². The van der Waals surface area contributed by atoms with E-state index in [1.807, 2.05) is 0 Å². The molecule has 1 aromatic carbocycles. The number of carbonyl (C=O) groups is 1. The zero-order chi connectivity index (χ0) is 13.3. The van der Waals surface area contributed by atoms with Crippen LogP contribution in [-0.4, -0.2) is 29.3 Å². The van der Waals surface area contributed by atoms with Crippen LogP contribution in [0.3, 0.4) is 0 Å². The molecule has 0 radical (unpaired) electrons. The maximum atomic E-state index is 11.9. The largest absolute Gasteiger partial charge is 0.495 e. The highest BCUT2D eigenvalue weighted by molar-refractivity contribution is 9.10. The van der Waals surface area contributed by atoms with E-state index in [1.54, 1.807) is 0 Å². The number of ether oxygens (including phenoxy) is 1. The molecule has 1 amide bonds. The second-order valence-corrected chi connectivity index (χ2v) is 4.96. The molecule has 1 fully saturated rings. The molecule has 1 aromatic rings. The molecular weight excluding hydrogens is 304 g/mol. The van der Waals surface area contributed by atoms with E-state index in [1.165, 1.54) is 30.2 Å². The number of nitro benzene ring substituents is 1. The number of anilines is 1. The van der Waals surface area contributed by atoms with Crippen molar-refractivity contribution in [3.05, 3.63) is 28.3 Å².